The highest BCUT2D eigenvalue weighted by Crippen LogP contribution is 2.28. The molecule has 0 spiro atoms. The maximum absolute atomic E-state index is 6.02. The number of rotatable bonds is 4. The Morgan fingerprint density at radius 3 is 2.86 bits per heavy atom. The number of nitrogen functional groups attached to an aromatic ring is 1. The van der Waals surface area contributed by atoms with Gasteiger partial charge >= 0.3 is 0 Å². The molecule has 2 aromatic carbocycles. The molecule has 2 aromatic rings. The minimum Gasteiger partial charge on any atom is -0.399 e. The number of anilines is 2. The predicted octanol–water partition coefficient (Wildman–Crippen LogP) is 3.96. The van der Waals surface area contributed by atoms with E-state index in [1.807, 2.05) is 12.1 Å². The first-order valence-electron chi connectivity index (χ1n) is 7.92. The van der Waals surface area contributed by atoms with Crippen LogP contribution in [0.4, 0.5) is 11.4 Å². The van der Waals surface area contributed by atoms with Gasteiger partial charge < -0.3 is 10.6 Å². The summed E-state index contributed by atoms with van der Waals surface area (Å²) in [5.41, 5.74) is 12.5. The number of fused-ring (bicyclic) bond motifs is 1. The summed E-state index contributed by atoms with van der Waals surface area (Å²) in [5, 5.41) is 0. The quantitative estimate of drug-likeness (QED) is 0.859. The second-order valence-electron chi connectivity index (χ2n) is 6.03. The molecule has 3 rings (SSSR count). The van der Waals surface area contributed by atoms with Crippen molar-refractivity contribution >= 4 is 11.4 Å². The smallest absolute Gasteiger partial charge is 0.0398 e. The van der Waals surface area contributed by atoms with Crippen molar-refractivity contribution < 1.29 is 0 Å². The summed E-state index contributed by atoms with van der Waals surface area (Å²) in [7, 11) is 0. The van der Waals surface area contributed by atoms with E-state index in [1.54, 1.807) is 0 Å². The van der Waals surface area contributed by atoms with E-state index in [4.69, 9.17) is 5.73 Å². The molecule has 0 unspecified atom stereocenters. The van der Waals surface area contributed by atoms with Crippen LogP contribution in [0.25, 0.3) is 0 Å². The number of hydrogen-bond acceptors (Lipinski definition) is 2. The third kappa shape index (κ3) is 3.21. The van der Waals surface area contributed by atoms with Gasteiger partial charge in [0.2, 0.25) is 0 Å². The molecule has 1 heterocycles. The highest BCUT2D eigenvalue weighted by atomic mass is 15.1. The highest BCUT2D eigenvalue weighted by molar-refractivity contribution is 5.56. The predicted molar refractivity (Wildman–Crippen MR) is 90.9 cm³/mol. The Morgan fingerprint density at radius 1 is 1.14 bits per heavy atom. The molecule has 0 aliphatic carbocycles. The van der Waals surface area contributed by atoms with E-state index in [1.165, 1.54) is 41.8 Å². The van der Waals surface area contributed by atoms with Crippen molar-refractivity contribution in [2.45, 2.75) is 32.6 Å². The van der Waals surface area contributed by atoms with Crippen LogP contribution in [-0.4, -0.2) is 13.1 Å². The summed E-state index contributed by atoms with van der Waals surface area (Å²) in [4.78, 5) is 2.54. The fourth-order valence-corrected chi connectivity index (χ4v) is 3.26. The van der Waals surface area contributed by atoms with Gasteiger partial charge in [-0.25, -0.2) is 0 Å². The molecular formula is C19H24N2. The molecule has 2 N–H and O–H groups in total. The van der Waals surface area contributed by atoms with Crippen molar-refractivity contribution in [1.82, 2.24) is 0 Å². The van der Waals surface area contributed by atoms with E-state index in [0.717, 1.165) is 25.1 Å². The second-order valence-corrected chi connectivity index (χ2v) is 6.03. The zero-order valence-corrected chi connectivity index (χ0v) is 12.8. The summed E-state index contributed by atoms with van der Waals surface area (Å²) in [6.07, 6.45) is 4.70. The number of para-hydroxylation sites is 1. The zero-order chi connectivity index (χ0) is 14.7. The Kier molecular flexibility index (Phi) is 4.14. The van der Waals surface area contributed by atoms with Crippen LogP contribution in [0, 0.1) is 6.92 Å². The lowest BCUT2D eigenvalue weighted by molar-refractivity contribution is 0.664. The number of aryl methyl sites for hydroxylation is 3. The fourth-order valence-electron chi connectivity index (χ4n) is 3.26. The van der Waals surface area contributed by atoms with Crippen LogP contribution in [0.1, 0.15) is 29.5 Å². The Hall–Kier alpha value is -1.96. The van der Waals surface area contributed by atoms with Crippen LogP contribution in [0.5, 0.6) is 0 Å². The van der Waals surface area contributed by atoms with E-state index < -0.39 is 0 Å². The van der Waals surface area contributed by atoms with E-state index in [0.29, 0.717) is 0 Å². The lowest BCUT2D eigenvalue weighted by Crippen LogP contribution is -2.30. The molecule has 1 aliphatic rings. The molecule has 0 radical (unpaired) electrons. The Morgan fingerprint density at radius 2 is 2.00 bits per heavy atom. The van der Waals surface area contributed by atoms with E-state index in [9.17, 15) is 0 Å². The van der Waals surface area contributed by atoms with Gasteiger partial charge in [-0.05, 0) is 55.9 Å². The fraction of sp³-hybridized carbons (Fsp3) is 0.368. The molecular weight excluding hydrogens is 256 g/mol. The average molecular weight is 280 g/mol. The van der Waals surface area contributed by atoms with Crippen LogP contribution >= 0.6 is 0 Å². The molecule has 0 aromatic heterocycles. The first-order valence-corrected chi connectivity index (χ1v) is 7.92. The minimum absolute atomic E-state index is 0.923. The van der Waals surface area contributed by atoms with Crippen molar-refractivity contribution in [3.63, 3.8) is 0 Å². The van der Waals surface area contributed by atoms with E-state index >= 15 is 0 Å². The third-order valence-corrected chi connectivity index (χ3v) is 4.38. The summed E-state index contributed by atoms with van der Waals surface area (Å²) in [6.45, 7) is 4.47. The maximum atomic E-state index is 6.02. The largest absolute Gasteiger partial charge is 0.399 e. The molecule has 110 valence electrons. The number of nitrogens with two attached hydrogens (primary N) is 1. The zero-order valence-electron chi connectivity index (χ0n) is 12.8. The second kappa shape index (κ2) is 6.21. The average Bonchev–Trinajstić information content (AvgIpc) is 2.49. The number of hydrogen-bond donors (Lipinski definition) is 1. The molecule has 0 saturated carbocycles. The van der Waals surface area contributed by atoms with Crippen molar-refractivity contribution in [3.8, 4) is 0 Å². The van der Waals surface area contributed by atoms with Gasteiger partial charge in [-0.3, -0.25) is 0 Å². The van der Waals surface area contributed by atoms with Gasteiger partial charge in [-0.1, -0.05) is 35.9 Å². The SMILES string of the molecule is Cc1ccc2c(c1)CCCN2CCCc1ccccc1N. The molecule has 0 bridgehead atoms. The standard InChI is InChI=1S/C19H24N2/c1-15-10-11-19-17(14-15)8-5-13-21(19)12-4-7-16-6-2-3-9-18(16)20/h2-3,6,9-11,14H,4-5,7-8,12-13,20H2,1H3. The van der Waals surface area contributed by atoms with Gasteiger partial charge in [0.1, 0.15) is 0 Å². The normalized spacial score (nSPS) is 14.0. The van der Waals surface area contributed by atoms with Gasteiger partial charge in [0.15, 0.2) is 0 Å². The van der Waals surface area contributed by atoms with Crippen LogP contribution < -0.4 is 10.6 Å². The molecule has 21 heavy (non-hydrogen) atoms. The lowest BCUT2D eigenvalue weighted by atomic mass is 9.99. The van der Waals surface area contributed by atoms with Crippen molar-refractivity contribution in [2.75, 3.05) is 23.7 Å². The number of nitrogens with zero attached hydrogens (tertiary/aromatic N) is 1. The van der Waals surface area contributed by atoms with E-state index in [-0.39, 0.29) is 0 Å². The highest BCUT2D eigenvalue weighted by Gasteiger charge is 2.16. The molecule has 0 atom stereocenters. The molecule has 0 amide bonds. The monoisotopic (exact) mass is 280 g/mol. The van der Waals surface area contributed by atoms with Crippen LogP contribution in [0.3, 0.4) is 0 Å². The Bertz CT molecular complexity index is 619. The van der Waals surface area contributed by atoms with Gasteiger partial charge in [0.05, 0.1) is 0 Å². The molecule has 2 heteroatoms. The van der Waals surface area contributed by atoms with Crippen LogP contribution in [0.15, 0.2) is 42.5 Å². The summed E-state index contributed by atoms with van der Waals surface area (Å²) in [5.74, 6) is 0. The van der Waals surface area contributed by atoms with Crippen molar-refractivity contribution in [2.24, 2.45) is 0 Å². The summed E-state index contributed by atoms with van der Waals surface area (Å²) >= 11 is 0. The molecule has 0 fully saturated rings. The number of benzene rings is 2. The summed E-state index contributed by atoms with van der Waals surface area (Å²) < 4.78 is 0. The van der Waals surface area contributed by atoms with Crippen molar-refractivity contribution in [3.05, 3.63) is 59.2 Å². The topological polar surface area (TPSA) is 29.3 Å². The van der Waals surface area contributed by atoms with Gasteiger partial charge in [0.25, 0.3) is 0 Å². The lowest BCUT2D eigenvalue weighted by Gasteiger charge is -2.31. The van der Waals surface area contributed by atoms with E-state index in [2.05, 4.69) is 42.2 Å². The first kappa shape index (κ1) is 14.0. The van der Waals surface area contributed by atoms with Crippen LogP contribution in [0.2, 0.25) is 0 Å². The van der Waals surface area contributed by atoms with Gasteiger partial charge in [0, 0.05) is 24.5 Å². The molecule has 1 aliphatic heterocycles. The van der Waals surface area contributed by atoms with Crippen LogP contribution in [-0.2, 0) is 12.8 Å². The maximum Gasteiger partial charge on any atom is 0.0398 e. The van der Waals surface area contributed by atoms with Crippen molar-refractivity contribution in [1.29, 1.82) is 0 Å². The van der Waals surface area contributed by atoms with Gasteiger partial charge in [-0.15, -0.1) is 0 Å². The van der Waals surface area contributed by atoms with Gasteiger partial charge in [-0.2, -0.15) is 0 Å². The first-order chi connectivity index (χ1) is 10.2. The summed E-state index contributed by atoms with van der Waals surface area (Å²) in [6, 6.07) is 15.1. The molecule has 0 saturated heterocycles. The Balaban J connectivity index is 1.63. The molecule has 2 nitrogen and oxygen atoms in total. The third-order valence-electron chi connectivity index (χ3n) is 4.38. The minimum atomic E-state index is 0.923. The Labute approximate surface area is 127 Å².